The van der Waals surface area contributed by atoms with Gasteiger partial charge >= 0.3 is 0 Å². The second kappa shape index (κ2) is 6.60. The Kier molecular flexibility index (Phi) is 4.35. The zero-order valence-electron chi connectivity index (χ0n) is 13.6. The van der Waals surface area contributed by atoms with Crippen LogP contribution in [0.3, 0.4) is 0 Å². The van der Waals surface area contributed by atoms with Crippen LogP contribution in [0.2, 0.25) is 0 Å². The molecule has 1 heterocycles. The second-order valence-electron chi connectivity index (χ2n) is 5.52. The molecule has 2 amide bonds. The van der Waals surface area contributed by atoms with Crippen molar-refractivity contribution in [3.05, 3.63) is 65.4 Å². The van der Waals surface area contributed by atoms with Crippen molar-refractivity contribution >= 4 is 29.4 Å². The lowest BCUT2D eigenvalue weighted by Gasteiger charge is -2.16. The number of amides is 2. The third kappa shape index (κ3) is 3.14. The number of allylic oxidation sites excluding steroid dienone is 1. The Hall–Kier alpha value is -3.41. The van der Waals surface area contributed by atoms with Gasteiger partial charge in [0, 0.05) is 18.1 Å². The molecule has 0 saturated carbocycles. The molecule has 1 aliphatic rings. The molecule has 0 aromatic heterocycles. The molecule has 6 nitrogen and oxygen atoms in total. The minimum Gasteiger partial charge on any atom is -0.483 e. The Labute approximate surface area is 144 Å². The van der Waals surface area contributed by atoms with Gasteiger partial charge in [-0.25, -0.2) is 0 Å². The molecule has 2 N–H and O–H groups in total. The van der Waals surface area contributed by atoms with Crippen LogP contribution < -0.4 is 15.4 Å². The van der Waals surface area contributed by atoms with Gasteiger partial charge in [-0.1, -0.05) is 30.3 Å². The molecule has 6 heteroatoms. The van der Waals surface area contributed by atoms with E-state index < -0.39 is 5.91 Å². The summed E-state index contributed by atoms with van der Waals surface area (Å²) in [6, 6.07) is 13.9. The first-order valence-electron chi connectivity index (χ1n) is 7.65. The molecule has 2 aromatic rings. The van der Waals surface area contributed by atoms with E-state index in [9.17, 15) is 14.4 Å². The molecule has 0 radical (unpaired) electrons. The van der Waals surface area contributed by atoms with Crippen molar-refractivity contribution in [1.82, 2.24) is 0 Å². The van der Waals surface area contributed by atoms with Gasteiger partial charge in [-0.15, -0.1) is 0 Å². The van der Waals surface area contributed by atoms with E-state index in [2.05, 4.69) is 0 Å². The van der Waals surface area contributed by atoms with Crippen LogP contribution in [0.15, 0.2) is 54.2 Å². The number of ketones is 1. The minimum absolute atomic E-state index is 0.240. The number of Topliss-reactive ketones (excluding diaryl/α,β-unsaturated/α-hetero) is 1. The Morgan fingerprint density at radius 3 is 2.52 bits per heavy atom. The zero-order chi connectivity index (χ0) is 18.0. The summed E-state index contributed by atoms with van der Waals surface area (Å²) in [7, 11) is 0. The molecule has 0 atom stereocenters. The fourth-order valence-corrected chi connectivity index (χ4v) is 2.73. The van der Waals surface area contributed by atoms with Crippen molar-refractivity contribution in [2.24, 2.45) is 5.73 Å². The fraction of sp³-hybridized carbons (Fsp3) is 0.105. The summed E-state index contributed by atoms with van der Waals surface area (Å²) in [4.78, 5) is 37.1. The van der Waals surface area contributed by atoms with E-state index in [0.29, 0.717) is 22.6 Å². The van der Waals surface area contributed by atoms with Gasteiger partial charge in [-0.3, -0.25) is 19.3 Å². The third-order valence-corrected chi connectivity index (χ3v) is 3.76. The molecule has 1 aliphatic heterocycles. The van der Waals surface area contributed by atoms with E-state index in [4.69, 9.17) is 10.5 Å². The maximum atomic E-state index is 12.7. The van der Waals surface area contributed by atoms with Gasteiger partial charge in [0.1, 0.15) is 5.75 Å². The average Bonchev–Trinajstić information content (AvgIpc) is 2.87. The molecule has 0 unspecified atom stereocenters. The predicted octanol–water partition coefficient (Wildman–Crippen LogP) is 2.14. The molecule has 126 valence electrons. The summed E-state index contributed by atoms with van der Waals surface area (Å²) in [5, 5.41) is 0. The molecule has 0 bridgehead atoms. The van der Waals surface area contributed by atoms with Gasteiger partial charge in [0.25, 0.3) is 5.91 Å². The maximum absolute atomic E-state index is 12.7. The van der Waals surface area contributed by atoms with E-state index in [0.717, 1.165) is 0 Å². The number of nitrogens with two attached hydrogens (primary N) is 1. The number of primary amides is 1. The van der Waals surface area contributed by atoms with Crippen LogP contribution in [-0.2, 0) is 9.59 Å². The first-order valence-corrected chi connectivity index (χ1v) is 7.65. The number of nitrogens with zero attached hydrogens (tertiary/aromatic N) is 1. The summed E-state index contributed by atoms with van der Waals surface area (Å²) >= 11 is 0. The van der Waals surface area contributed by atoms with E-state index in [-0.39, 0.29) is 24.0 Å². The van der Waals surface area contributed by atoms with Crippen LogP contribution in [0, 0.1) is 0 Å². The first kappa shape index (κ1) is 16.4. The molecule has 2 aromatic carbocycles. The summed E-state index contributed by atoms with van der Waals surface area (Å²) in [6.45, 7) is 1.13. The van der Waals surface area contributed by atoms with Crippen LogP contribution in [0.5, 0.6) is 5.75 Å². The topological polar surface area (TPSA) is 89.7 Å². The summed E-state index contributed by atoms with van der Waals surface area (Å²) in [5.41, 5.74) is 6.95. The van der Waals surface area contributed by atoms with E-state index in [1.807, 2.05) is 0 Å². The number of ether oxygens (including phenoxy) is 1. The third-order valence-electron chi connectivity index (χ3n) is 3.76. The molecular weight excluding hydrogens is 320 g/mol. The highest BCUT2D eigenvalue weighted by Crippen LogP contribution is 2.36. The highest BCUT2D eigenvalue weighted by atomic mass is 16.5. The van der Waals surface area contributed by atoms with Crippen molar-refractivity contribution in [2.45, 2.75) is 6.92 Å². The summed E-state index contributed by atoms with van der Waals surface area (Å²) in [6.07, 6.45) is 1.58. The molecule has 0 fully saturated rings. The predicted molar refractivity (Wildman–Crippen MR) is 93.0 cm³/mol. The number of rotatable bonds is 4. The Morgan fingerprint density at radius 2 is 1.80 bits per heavy atom. The number of benzene rings is 2. The van der Waals surface area contributed by atoms with Gasteiger partial charge in [-0.05, 0) is 24.3 Å². The lowest BCUT2D eigenvalue weighted by Crippen LogP contribution is -2.25. The lowest BCUT2D eigenvalue weighted by atomic mass is 10.1. The van der Waals surface area contributed by atoms with Gasteiger partial charge in [0.05, 0.1) is 11.4 Å². The smallest absolute Gasteiger partial charge is 0.255 e. The van der Waals surface area contributed by atoms with Gasteiger partial charge in [-0.2, -0.15) is 0 Å². The van der Waals surface area contributed by atoms with Crippen molar-refractivity contribution in [2.75, 3.05) is 11.5 Å². The largest absolute Gasteiger partial charge is 0.483 e. The van der Waals surface area contributed by atoms with Crippen LogP contribution in [0.25, 0.3) is 6.08 Å². The second-order valence-corrected chi connectivity index (χ2v) is 5.52. The highest BCUT2D eigenvalue weighted by molar-refractivity contribution is 6.26. The van der Waals surface area contributed by atoms with Crippen LogP contribution in [0.1, 0.15) is 22.8 Å². The number of para-hydroxylation sites is 2. The minimum atomic E-state index is -0.600. The SMILES string of the molecule is CC(=O)N1C(=Cc2ccccc2OCC(N)=O)C(=O)c2ccccc21. The van der Waals surface area contributed by atoms with Crippen LogP contribution in [0.4, 0.5) is 5.69 Å². The molecular formula is C19H16N2O4. The van der Waals surface area contributed by atoms with Gasteiger partial charge < -0.3 is 10.5 Å². The monoisotopic (exact) mass is 336 g/mol. The summed E-state index contributed by atoms with van der Waals surface area (Å²) in [5.74, 6) is -0.700. The lowest BCUT2D eigenvalue weighted by molar-refractivity contribution is -0.120. The standard InChI is InChI=1S/C19H16N2O4/c1-12(22)21-15-8-4-3-7-14(15)19(24)16(21)10-13-6-2-5-9-17(13)25-11-18(20)23/h2-10H,11H2,1H3,(H2,20,23). The maximum Gasteiger partial charge on any atom is 0.255 e. The van der Waals surface area contributed by atoms with Gasteiger partial charge in [0.2, 0.25) is 11.7 Å². The number of anilines is 1. The summed E-state index contributed by atoms with van der Waals surface area (Å²) < 4.78 is 5.38. The Bertz CT molecular complexity index is 902. The Balaban J connectivity index is 2.06. The van der Waals surface area contributed by atoms with Gasteiger partial charge in [0.15, 0.2) is 6.61 Å². The quantitative estimate of drug-likeness (QED) is 0.866. The molecule has 25 heavy (non-hydrogen) atoms. The highest BCUT2D eigenvalue weighted by Gasteiger charge is 2.34. The van der Waals surface area contributed by atoms with E-state index in [1.54, 1.807) is 54.6 Å². The van der Waals surface area contributed by atoms with E-state index in [1.165, 1.54) is 11.8 Å². The normalized spacial score (nSPS) is 14.5. The van der Waals surface area contributed by atoms with Crippen molar-refractivity contribution in [3.63, 3.8) is 0 Å². The van der Waals surface area contributed by atoms with Crippen molar-refractivity contribution in [1.29, 1.82) is 0 Å². The number of fused-ring (bicyclic) bond motifs is 1. The van der Waals surface area contributed by atoms with E-state index >= 15 is 0 Å². The fourth-order valence-electron chi connectivity index (χ4n) is 2.73. The molecule has 0 saturated heterocycles. The van der Waals surface area contributed by atoms with Crippen molar-refractivity contribution in [3.8, 4) is 5.75 Å². The van der Waals surface area contributed by atoms with Crippen LogP contribution in [-0.4, -0.2) is 24.2 Å². The number of carbonyl (C=O) groups is 3. The molecule has 0 aliphatic carbocycles. The number of hydrogen-bond donors (Lipinski definition) is 1. The zero-order valence-corrected chi connectivity index (χ0v) is 13.6. The first-order chi connectivity index (χ1) is 12.0. The number of carbonyl (C=O) groups excluding carboxylic acids is 3. The van der Waals surface area contributed by atoms with Crippen molar-refractivity contribution < 1.29 is 19.1 Å². The Morgan fingerprint density at radius 1 is 1.12 bits per heavy atom. The van der Waals surface area contributed by atoms with Crippen LogP contribution >= 0.6 is 0 Å². The molecule has 0 spiro atoms. The number of hydrogen-bond acceptors (Lipinski definition) is 4. The average molecular weight is 336 g/mol. The molecule has 3 rings (SSSR count).